The molecule has 1 amide bonds. The van der Waals surface area contributed by atoms with Gasteiger partial charge in [0.2, 0.25) is 5.91 Å². The van der Waals surface area contributed by atoms with Gasteiger partial charge in [-0.1, -0.05) is 24.8 Å². The number of hydrogen-bond donors (Lipinski definition) is 0. The topological polar surface area (TPSA) is 49.3 Å². The van der Waals surface area contributed by atoms with E-state index >= 15 is 0 Å². The van der Waals surface area contributed by atoms with Gasteiger partial charge in [0, 0.05) is 32.2 Å². The second kappa shape index (κ2) is 6.71. The van der Waals surface area contributed by atoms with Gasteiger partial charge in [-0.2, -0.15) is 0 Å². The molecule has 4 heterocycles. The fourth-order valence-electron chi connectivity index (χ4n) is 4.42. The van der Waals surface area contributed by atoms with Crippen molar-refractivity contribution in [1.82, 2.24) is 19.4 Å². The van der Waals surface area contributed by atoms with E-state index in [4.69, 9.17) is 0 Å². The van der Waals surface area contributed by atoms with Crippen LogP contribution in [-0.4, -0.2) is 51.0 Å². The quantitative estimate of drug-likeness (QED) is 0.821. The smallest absolute Gasteiger partial charge is 0.227 e. The van der Waals surface area contributed by atoms with Gasteiger partial charge >= 0.3 is 0 Å². The van der Waals surface area contributed by atoms with Gasteiger partial charge in [-0.05, 0) is 49.1 Å². The third kappa shape index (κ3) is 3.10. The van der Waals surface area contributed by atoms with E-state index in [0.717, 1.165) is 44.2 Å². The SMILES string of the molecule is CC(C)c1nnsc1CN1C[C@H]2CC[C@@H](C1)N(CC1CCC1)C2=O. The van der Waals surface area contributed by atoms with Crippen LogP contribution in [0.4, 0.5) is 0 Å². The molecule has 0 spiro atoms. The molecular weight excluding hydrogens is 320 g/mol. The van der Waals surface area contributed by atoms with E-state index < -0.39 is 0 Å². The second-order valence-electron chi connectivity index (χ2n) is 8.15. The predicted molar refractivity (Wildman–Crippen MR) is 94.8 cm³/mol. The van der Waals surface area contributed by atoms with Gasteiger partial charge in [-0.3, -0.25) is 9.69 Å². The van der Waals surface area contributed by atoms with Crippen molar-refractivity contribution >= 4 is 17.4 Å². The maximum Gasteiger partial charge on any atom is 0.227 e. The highest BCUT2D eigenvalue weighted by atomic mass is 32.1. The third-order valence-electron chi connectivity index (χ3n) is 6.05. The molecule has 3 aliphatic heterocycles. The highest BCUT2D eigenvalue weighted by Crippen LogP contribution is 2.34. The summed E-state index contributed by atoms with van der Waals surface area (Å²) in [6, 6.07) is 0.417. The molecule has 1 aromatic rings. The van der Waals surface area contributed by atoms with Crippen LogP contribution in [0.15, 0.2) is 0 Å². The van der Waals surface area contributed by atoms with E-state index in [-0.39, 0.29) is 5.92 Å². The van der Waals surface area contributed by atoms with Crippen LogP contribution in [0.3, 0.4) is 0 Å². The highest BCUT2D eigenvalue weighted by Gasteiger charge is 2.41. The molecule has 0 radical (unpaired) electrons. The van der Waals surface area contributed by atoms with Gasteiger partial charge in [0.25, 0.3) is 0 Å². The van der Waals surface area contributed by atoms with Crippen LogP contribution < -0.4 is 0 Å². The Bertz CT molecular complexity index is 598. The Kier molecular flexibility index (Phi) is 4.60. The summed E-state index contributed by atoms with van der Waals surface area (Å²) in [5.74, 6) is 1.80. The third-order valence-corrected chi connectivity index (χ3v) is 6.77. The van der Waals surface area contributed by atoms with E-state index in [9.17, 15) is 4.79 Å². The van der Waals surface area contributed by atoms with E-state index in [1.165, 1.54) is 42.1 Å². The van der Waals surface area contributed by atoms with Crippen molar-refractivity contribution in [3.05, 3.63) is 10.6 Å². The molecule has 2 bridgehead atoms. The first-order valence-corrected chi connectivity index (χ1v) is 10.2. The number of amides is 1. The van der Waals surface area contributed by atoms with Crippen molar-refractivity contribution in [2.45, 2.75) is 64.5 Å². The summed E-state index contributed by atoms with van der Waals surface area (Å²) in [7, 11) is 0. The predicted octanol–water partition coefficient (Wildman–Crippen LogP) is 2.88. The van der Waals surface area contributed by atoms with Gasteiger partial charge in [0.1, 0.15) is 0 Å². The van der Waals surface area contributed by atoms with Crippen LogP contribution in [0.5, 0.6) is 0 Å². The molecule has 132 valence electrons. The normalized spacial score (nSPS) is 28.5. The number of fused-ring (bicyclic) bond motifs is 4. The van der Waals surface area contributed by atoms with Crippen molar-refractivity contribution in [3.63, 3.8) is 0 Å². The van der Waals surface area contributed by atoms with Crippen LogP contribution in [0.1, 0.15) is 62.4 Å². The van der Waals surface area contributed by atoms with Gasteiger partial charge in [-0.15, -0.1) is 5.10 Å². The van der Waals surface area contributed by atoms with Crippen LogP contribution in [0, 0.1) is 11.8 Å². The first-order chi connectivity index (χ1) is 11.6. The average Bonchev–Trinajstić information content (AvgIpc) is 2.81. The fourth-order valence-corrected chi connectivity index (χ4v) is 5.26. The number of nitrogens with zero attached hydrogens (tertiary/aromatic N) is 4. The molecule has 24 heavy (non-hydrogen) atoms. The summed E-state index contributed by atoms with van der Waals surface area (Å²) < 4.78 is 4.16. The Morgan fingerprint density at radius 3 is 2.75 bits per heavy atom. The monoisotopic (exact) mass is 348 g/mol. The lowest BCUT2D eigenvalue weighted by Gasteiger charge is -2.40. The average molecular weight is 349 g/mol. The fraction of sp³-hybridized carbons (Fsp3) is 0.833. The Morgan fingerprint density at radius 2 is 2.04 bits per heavy atom. The van der Waals surface area contributed by atoms with Crippen molar-refractivity contribution in [2.75, 3.05) is 19.6 Å². The van der Waals surface area contributed by atoms with E-state index in [1.54, 1.807) is 0 Å². The van der Waals surface area contributed by atoms with Gasteiger partial charge < -0.3 is 4.90 Å². The van der Waals surface area contributed by atoms with Gasteiger partial charge in [0.05, 0.1) is 16.5 Å². The van der Waals surface area contributed by atoms with Crippen molar-refractivity contribution in [3.8, 4) is 0 Å². The Balaban J connectivity index is 1.47. The molecule has 6 heteroatoms. The zero-order valence-corrected chi connectivity index (χ0v) is 15.6. The van der Waals surface area contributed by atoms with Crippen LogP contribution >= 0.6 is 11.5 Å². The molecule has 5 rings (SSSR count). The minimum absolute atomic E-state index is 0.201. The molecule has 5 nitrogen and oxygen atoms in total. The van der Waals surface area contributed by atoms with Gasteiger partial charge in [-0.25, -0.2) is 0 Å². The lowest BCUT2D eigenvalue weighted by atomic mass is 9.83. The number of piperidine rings is 1. The second-order valence-corrected chi connectivity index (χ2v) is 8.98. The summed E-state index contributed by atoms with van der Waals surface area (Å²) in [5, 5.41) is 4.31. The maximum atomic E-state index is 12.9. The molecule has 0 unspecified atom stereocenters. The van der Waals surface area contributed by atoms with Crippen molar-refractivity contribution < 1.29 is 4.79 Å². The van der Waals surface area contributed by atoms with Gasteiger partial charge in [0.15, 0.2) is 0 Å². The lowest BCUT2D eigenvalue weighted by Crippen LogP contribution is -2.50. The summed E-state index contributed by atoms with van der Waals surface area (Å²) >= 11 is 1.52. The molecule has 0 aromatic carbocycles. The molecule has 4 aliphatic rings. The number of aromatic nitrogens is 2. The molecule has 1 aromatic heterocycles. The minimum Gasteiger partial charge on any atom is -0.338 e. The molecule has 4 fully saturated rings. The van der Waals surface area contributed by atoms with E-state index in [0.29, 0.717) is 17.9 Å². The maximum absolute atomic E-state index is 12.9. The zero-order valence-electron chi connectivity index (χ0n) is 14.8. The van der Waals surface area contributed by atoms with Crippen molar-refractivity contribution in [1.29, 1.82) is 0 Å². The Morgan fingerprint density at radius 1 is 1.21 bits per heavy atom. The molecular formula is C18H28N4OS. The Hall–Kier alpha value is -1.01. The van der Waals surface area contributed by atoms with Crippen molar-refractivity contribution in [2.24, 2.45) is 11.8 Å². The molecule has 1 saturated carbocycles. The number of hydrogen-bond acceptors (Lipinski definition) is 5. The lowest BCUT2D eigenvalue weighted by molar-refractivity contribution is -0.141. The molecule has 3 saturated heterocycles. The standard InChI is InChI=1S/C18H28N4OS/c1-12(2)17-16(24-20-19-17)11-21-9-14-6-7-15(10-21)22(18(14)23)8-13-4-3-5-13/h12-15H,3-11H2,1-2H3/t14-,15+/m1/s1. The molecule has 1 aliphatic carbocycles. The Labute approximate surface area is 148 Å². The zero-order chi connectivity index (χ0) is 16.7. The van der Waals surface area contributed by atoms with Crippen LogP contribution in [0.25, 0.3) is 0 Å². The number of carbonyl (C=O) groups is 1. The summed E-state index contributed by atoms with van der Waals surface area (Å²) in [4.78, 5) is 18.9. The summed E-state index contributed by atoms with van der Waals surface area (Å²) in [6.45, 7) is 8.19. The minimum atomic E-state index is 0.201. The first-order valence-electron chi connectivity index (χ1n) is 9.45. The molecule has 2 atom stereocenters. The van der Waals surface area contributed by atoms with E-state index in [2.05, 4.69) is 33.2 Å². The summed E-state index contributed by atoms with van der Waals surface area (Å²) in [6.07, 6.45) is 6.23. The van der Waals surface area contributed by atoms with E-state index in [1.807, 2.05) is 0 Å². The largest absolute Gasteiger partial charge is 0.338 e. The van der Waals surface area contributed by atoms with Crippen LogP contribution in [0.2, 0.25) is 0 Å². The summed E-state index contributed by atoms with van der Waals surface area (Å²) in [5.41, 5.74) is 1.13. The highest BCUT2D eigenvalue weighted by molar-refractivity contribution is 7.05. The number of carbonyl (C=O) groups excluding carboxylic acids is 1. The van der Waals surface area contributed by atoms with Crippen LogP contribution in [-0.2, 0) is 11.3 Å². The first kappa shape index (κ1) is 16.5. The molecule has 0 N–H and O–H groups in total. The number of rotatable bonds is 5.